The molecule has 1 aromatic heterocycles. The van der Waals surface area contributed by atoms with Gasteiger partial charge in [-0.3, -0.25) is 9.78 Å². The van der Waals surface area contributed by atoms with E-state index in [1.807, 2.05) is 0 Å². The summed E-state index contributed by atoms with van der Waals surface area (Å²) < 4.78 is 5.42. The number of nitrogens with zero attached hydrogens (tertiary/aromatic N) is 2. The molecule has 0 atom stereocenters. The Morgan fingerprint density at radius 2 is 1.36 bits per heavy atom. The molecule has 1 N–H and O–H groups in total. The molecule has 0 unspecified atom stereocenters. The van der Waals surface area contributed by atoms with Gasteiger partial charge in [-0.1, -0.05) is 69.6 Å². The number of amides is 1. The number of aromatic nitrogens is 2. The van der Waals surface area contributed by atoms with Gasteiger partial charge in [0.2, 0.25) is 0 Å². The number of benzene rings is 2. The van der Waals surface area contributed by atoms with Gasteiger partial charge >= 0.3 is 0 Å². The predicted octanol–water partition coefficient (Wildman–Crippen LogP) is 8.47. The highest BCUT2D eigenvalue weighted by Gasteiger charge is 2.13. The zero-order valence-corrected chi connectivity index (χ0v) is 23.3. The smallest absolute Gasteiger partial charge is 0.271 e. The first kappa shape index (κ1) is 29.0. The highest BCUT2D eigenvalue weighted by Crippen LogP contribution is 2.43. The lowest BCUT2D eigenvalue weighted by molar-refractivity contribution is 0.0951. The van der Waals surface area contributed by atoms with Crippen molar-refractivity contribution in [1.29, 1.82) is 0 Å². The van der Waals surface area contributed by atoms with Crippen molar-refractivity contribution >= 4 is 112 Å². The third-order valence-corrected chi connectivity index (χ3v) is 7.41. The highest BCUT2D eigenvalue weighted by atomic mass is 35.5. The van der Waals surface area contributed by atoms with Crippen molar-refractivity contribution in [2.45, 2.75) is 9.79 Å². The SMILES string of the molecule is Clc1cc(Cl)c(SOSc2c(Cl)cc(Cl)cc2Cl)c(Cl)c1.O=C(NCCS)c1cnccn1. The summed E-state index contributed by atoms with van der Waals surface area (Å²) in [5.74, 6) is 0.406. The molecular weight excluding hydrogens is 611 g/mol. The van der Waals surface area contributed by atoms with Gasteiger partial charge in [-0.2, -0.15) is 12.6 Å². The average Bonchev–Trinajstić information content (AvgIpc) is 2.76. The summed E-state index contributed by atoms with van der Waals surface area (Å²) in [6.07, 6.45) is 4.43. The van der Waals surface area contributed by atoms with E-state index in [4.69, 9.17) is 73.2 Å². The van der Waals surface area contributed by atoms with Gasteiger partial charge in [-0.25, -0.2) is 8.61 Å². The van der Waals surface area contributed by atoms with Gasteiger partial charge in [0.15, 0.2) is 0 Å². The summed E-state index contributed by atoms with van der Waals surface area (Å²) in [6.45, 7) is 0.540. The maximum Gasteiger partial charge on any atom is 0.271 e. The van der Waals surface area contributed by atoms with Gasteiger partial charge in [0, 0.05) is 58.8 Å². The second kappa shape index (κ2) is 15.0. The molecule has 14 heteroatoms. The fourth-order valence-electron chi connectivity index (χ4n) is 1.98. The van der Waals surface area contributed by atoms with E-state index in [-0.39, 0.29) is 5.91 Å². The molecule has 0 spiro atoms. The second-order valence-corrected chi connectivity index (χ2v) is 10.3. The predicted molar refractivity (Wildman–Crippen MR) is 144 cm³/mol. The monoisotopic (exact) mass is 621 g/mol. The molecule has 0 radical (unpaired) electrons. The van der Waals surface area contributed by atoms with Crippen LogP contribution in [0, 0.1) is 0 Å². The number of halogens is 6. The van der Waals surface area contributed by atoms with Crippen molar-refractivity contribution in [3.8, 4) is 0 Å². The summed E-state index contributed by atoms with van der Waals surface area (Å²) in [7, 11) is 0. The summed E-state index contributed by atoms with van der Waals surface area (Å²) in [6, 6.07) is 6.31. The fraction of sp³-hybridized carbons (Fsp3) is 0.105. The lowest BCUT2D eigenvalue weighted by Crippen LogP contribution is -2.26. The zero-order valence-electron chi connectivity index (χ0n) is 16.2. The van der Waals surface area contributed by atoms with E-state index >= 15 is 0 Å². The number of rotatable bonds is 7. The van der Waals surface area contributed by atoms with Gasteiger partial charge in [-0.15, -0.1) is 0 Å². The second-order valence-electron chi connectivity index (χ2n) is 5.70. The normalized spacial score (nSPS) is 10.4. The van der Waals surface area contributed by atoms with E-state index in [9.17, 15) is 4.79 Å². The Hall–Kier alpha value is -0.260. The molecule has 176 valence electrons. The van der Waals surface area contributed by atoms with Crippen LogP contribution in [0.1, 0.15) is 10.5 Å². The molecule has 3 aromatic rings. The molecule has 1 amide bonds. The van der Waals surface area contributed by atoms with E-state index in [2.05, 4.69) is 27.9 Å². The van der Waals surface area contributed by atoms with Crippen LogP contribution in [0.15, 0.2) is 52.6 Å². The molecule has 0 aliphatic rings. The lowest BCUT2D eigenvalue weighted by atomic mass is 10.4. The largest absolute Gasteiger partial charge is 0.350 e. The van der Waals surface area contributed by atoms with E-state index in [0.29, 0.717) is 57.9 Å². The minimum atomic E-state index is -0.211. The Morgan fingerprint density at radius 3 is 1.76 bits per heavy atom. The third-order valence-electron chi connectivity index (χ3n) is 3.35. The third kappa shape index (κ3) is 9.72. The summed E-state index contributed by atoms with van der Waals surface area (Å²) >= 11 is 41.8. The van der Waals surface area contributed by atoms with Crippen molar-refractivity contribution in [1.82, 2.24) is 15.3 Å². The van der Waals surface area contributed by atoms with Gasteiger partial charge in [0.05, 0.1) is 36.1 Å². The molecule has 2 aromatic carbocycles. The van der Waals surface area contributed by atoms with Crippen LogP contribution in [0.3, 0.4) is 0 Å². The van der Waals surface area contributed by atoms with Crippen molar-refractivity contribution in [2.24, 2.45) is 0 Å². The maximum atomic E-state index is 11.2. The van der Waals surface area contributed by atoms with Crippen LogP contribution in [-0.2, 0) is 3.63 Å². The van der Waals surface area contributed by atoms with Crippen LogP contribution >= 0.6 is 106 Å². The minimum Gasteiger partial charge on any atom is -0.350 e. The minimum absolute atomic E-state index is 0.211. The first-order chi connectivity index (χ1) is 15.7. The highest BCUT2D eigenvalue weighted by molar-refractivity contribution is 8.08. The number of carbonyl (C=O) groups is 1. The molecule has 3 rings (SSSR count). The van der Waals surface area contributed by atoms with Crippen LogP contribution in [0.5, 0.6) is 0 Å². The zero-order chi connectivity index (χ0) is 24.4. The van der Waals surface area contributed by atoms with E-state index in [1.54, 1.807) is 24.3 Å². The first-order valence-electron chi connectivity index (χ1n) is 8.68. The number of hydrogen-bond acceptors (Lipinski definition) is 7. The lowest BCUT2D eigenvalue weighted by Gasteiger charge is -2.08. The Kier molecular flexibility index (Phi) is 13.2. The molecule has 0 aliphatic carbocycles. The molecule has 0 saturated carbocycles. The number of carbonyl (C=O) groups excluding carboxylic acids is 1. The van der Waals surface area contributed by atoms with Crippen LogP contribution < -0.4 is 5.32 Å². The standard InChI is InChI=1S/C12H4Cl6OS2.C7H9N3OS/c13-5-1-7(15)11(8(16)2-5)20-19-21-12-9(17)3-6(14)4-10(12)18;11-7(10-3-4-12)6-5-8-1-2-9-6/h1-4H;1-2,5,12H,3-4H2,(H,10,11). The Morgan fingerprint density at radius 1 is 0.879 bits per heavy atom. The maximum absolute atomic E-state index is 11.2. The number of nitrogens with one attached hydrogen (secondary N) is 1. The summed E-state index contributed by atoms with van der Waals surface area (Å²) in [4.78, 5) is 19.9. The van der Waals surface area contributed by atoms with E-state index < -0.39 is 0 Å². The van der Waals surface area contributed by atoms with Crippen LogP contribution in [0.2, 0.25) is 30.1 Å². The molecule has 0 aliphatic heterocycles. The van der Waals surface area contributed by atoms with E-state index in [0.717, 1.165) is 24.1 Å². The van der Waals surface area contributed by atoms with Gasteiger partial charge in [-0.05, 0) is 24.3 Å². The molecular formula is C19H13Cl6N3O2S3. The molecule has 5 nitrogen and oxygen atoms in total. The number of thiol groups is 1. The summed E-state index contributed by atoms with van der Waals surface area (Å²) in [5, 5.41) is 5.11. The quantitative estimate of drug-likeness (QED) is 0.203. The number of hydrogen-bond donors (Lipinski definition) is 2. The molecule has 0 fully saturated rings. The Labute approximate surface area is 235 Å². The fourth-order valence-corrected chi connectivity index (χ4v) is 5.34. The van der Waals surface area contributed by atoms with Crippen LogP contribution in [0.4, 0.5) is 0 Å². The van der Waals surface area contributed by atoms with Gasteiger partial charge < -0.3 is 5.32 Å². The molecule has 0 bridgehead atoms. The van der Waals surface area contributed by atoms with E-state index in [1.165, 1.54) is 18.6 Å². The van der Waals surface area contributed by atoms with Crippen molar-refractivity contribution in [2.75, 3.05) is 12.3 Å². The molecule has 1 heterocycles. The summed E-state index contributed by atoms with van der Waals surface area (Å²) in [5.41, 5.74) is 0.333. The van der Waals surface area contributed by atoms with Crippen molar-refractivity contribution in [3.05, 3.63) is 78.7 Å². The van der Waals surface area contributed by atoms with Crippen molar-refractivity contribution < 1.29 is 8.42 Å². The topological polar surface area (TPSA) is 64.1 Å². The Balaban J connectivity index is 0.000000273. The average molecular weight is 624 g/mol. The Bertz CT molecular complexity index is 992. The molecule has 0 saturated heterocycles. The van der Waals surface area contributed by atoms with Gasteiger partial charge in [0.1, 0.15) is 5.69 Å². The van der Waals surface area contributed by atoms with Crippen molar-refractivity contribution in [3.63, 3.8) is 0 Å². The van der Waals surface area contributed by atoms with Crippen LogP contribution in [0.25, 0.3) is 0 Å². The molecule has 33 heavy (non-hydrogen) atoms. The first-order valence-corrected chi connectivity index (χ1v) is 13.1. The van der Waals surface area contributed by atoms with Crippen LogP contribution in [-0.4, -0.2) is 28.2 Å². The van der Waals surface area contributed by atoms with Gasteiger partial charge in [0.25, 0.3) is 5.91 Å².